The highest BCUT2D eigenvalue weighted by atomic mass is 16.7. The van der Waals surface area contributed by atoms with Gasteiger partial charge >= 0.3 is 24.4 Å². The summed E-state index contributed by atoms with van der Waals surface area (Å²) in [5.74, 6) is -1.55. The monoisotopic (exact) mass is 874 g/mol. The van der Waals surface area contributed by atoms with Crippen molar-refractivity contribution in [1.82, 2.24) is 31.1 Å². The normalized spacial score (nSPS) is 15.9. The number of benzene rings is 2. The molecule has 2 aromatic rings. The van der Waals surface area contributed by atoms with Gasteiger partial charge in [-0.3, -0.25) is 19.8 Å². The first-order valence-corrected chi connectivity index (χ1v) is 21.5. The Kier molecular flexibility index (Phi) is 19.3. The van der Waals surface area contributed by atoms with Gasteiger partial charge in [-0.25, -0.2) is 19.2 Å². The molecule has 4 N–H and O–H groups in total. The molecule has 6 amide bonds. The highest BCUT2D eigenvalue weighted by molar-refractivity contribution is 8.01. The van der Waals surface area contributed by atoms with Crippen LogP contribution in [-0.4, -0.2) is 166 Å². The van der Waals surface area contributed by atoms with E-state index in [4.69, 9.17) is 57.6 Å². The Morgan fingerprint density at radius 2 is 1.54 bits per heavy atom. The van der Waals surface area contributed by atoms with Crippen LogP contribution in [0.25, 0.3) is 0 Å². The van der Waals surface area contributed by atoms with Crippen molar-refractivity contribution in [2.45, 2.75) is 96.7 Å². The summed E-state index contributed by atoms with van der Waals surface area (Å²) in [5, 5.41) is 10.7. The molecule has 0 bridgehead atoms. The van der Waals surface area contributed by atoms with Crippen molar-refractivity contribution in [2.75, 3.05) is 26.2 Å². The molecule has 3 atom stereocenters. The van der Waals surface area contributed by atoms with Crippen LogP contribution in [0.4, 0.5) is 19.2 Å². The number of nitrogens with zero attached hydrogens (tertiary/aromatic N) is 2. The molecule has 1 fully saturated rings. The number of aryl methyl sites for hydroxylation is 1. The van der Waals surface area contributed by atoms with Crippen molar-refractivity contribution in [3.63, 3.8) is 0 Å². The average Bonchev–Trinajstić information content (AvgIpc) is 3.98. The highest BCUT2D eigenvalue weighted by Crippen LogP contribution is 2.44. The summed E-state index contributed by atoms with van der Waals surface area (Å²) in [6.45, 7) is 8.81. The Morgan fingerprint density at radius 1 is 0.892 bits per heavy atom. The molecule has 0 saturated carbocycles. The van der Waals surface area contributed by atoms with Gasteiger partial charge in [-0.15, -0.1) is 0 Å². The first kappa shape index (κ1) is 52.5. The van der Waals surface area contributed by atoms with Gasteiger partial charge in [0.1, 0.15) is 44.2 Å². The van der Waals surface area contributed by atoms with Crippen LogP contribution in [0.2, 0.25) is 12.1 Å². The summed E-state index contributed by atoms with van der Waals surface area (Å²) < 4.78 is 21.3. The third kappa shape index (κ3) is 17.6. The van der Waals surface area contributed by atoms with Gasteiger partial charge in [0, 0.05) is 83.5 Å². The van der Waals surface area contributed by atoms with Crippen LogP contribution in [0.5, 0.6) is 0 Å². The van der Waals surface area contributed by atoms with E-state index in [-0.39, 0.29) is 51.8 Å². The number of alkyl carbamates (subject to hydrolysis) is 2. The second-order valence-corrected chi connectivity index (χ2v) is 18.0. The fourth-order valence-corrected chi connectivity index (χ4v) is 7.23. The van der Waals surface area contributed by atoms with Crippen LogP contribution >= 0.6 is 0 Å². The second-order valence-electron chi connectivity index (χ2n) is 18.0. The Labute approximate surface area is 391 Å². The fraction of sp³-hybridized carbons (Fsp3) is 0.487. The van der Waals surface area contributed by atoms with Crippen molar-refractivity contribution >= 4 is 107 Å². The number of hydrogen-bond donors (Lipinski definition) is 4. The SMILES string of the molecule is [B]B([B])B([B])B(B([B])[B])B1CC1CC(C(=O)NC(C)(C)COC(=O)OCc1ccc(C)cc1)N(CCNC(=O)OC(C)(C)C)C(=O)CN1C=CC(NC(=O)OCc2ccccc2)NC1=O. The topological polar surface area (TPSA) is 194 Å². The summed E-state index contributed by atoms with van der Waals surface area (Å²) in [4.78, 5) is 82.5. The summed E-state index contributed by atoms with van der Waals surface area (Å²) in [6.07, 6.45) is -3.24. The van der Waals surface area contributed by atoms with E-state index < -0.39 is 91.6 Å². The predicted octanol–water partition coefficient (Wildman–Crippen LogP) is 0.944. The molecular formula is C39H52B10N6O10. The van der Waals surface area contributed by atoms with Crippen molar-refractivity contribution in [3.05, 3.63) is 83.6 Å². The lowest BCUT2D eigenvalue weighted by atomic mass is 8.57. The van der Waals surface area contributed by atoms with Gasteiger partial charge in [-0.2, -0.15) is 0 Å². The quantitative estimate of drug-likeness (QED) is 0.0798. The number of carbonyl (C=O) groups excluding carboxylic acids is 6. The molecule has 26 heteroatoms. The van der Waals surface area contributed by atoms with Gasteiger partial charge < -0.3 is 39.8 Å². The van der Waals surface area contributed by atoms with E-state index >= 15 is 0 Å². The number of ether oxygens (including phenoxy) is 4. The molecule has 2 aromatic carbocycles. The van der Waals surface area contributed by atoms with Gasteiger partial charge in [0.15, 0.2) is 0 Å². The zero-order valence-corrected chi connectivity index (χ0v) is 38.0. The molecule has 2 aliphatic heterocycles. The van der Waals surface area contributed by atoms with E-state index in [0.717, 1.165) is 21.6 Å². The minimum Gasteiger partial charge on any atom is -0.445 e. The van der Waals surface area contributed by atoms with Crippen molar-refractivity contribution in [2.24, 2.45) is 0 Å². The van der Waals surface area contributed by atoms with Gasteiger partial charge in [-0.1, -0.05) is 72.3 Å². The molecule has 10 radical (unpaired) electrons. The number of carbonyl (C=O) groups is 6. The number of hydrogen-bond acceptors (Lipinski definition) is 10. The molecule has 0 spiro atoms. The second kappa shape index (κ2) is 23.9. The first-order valence-electron chi connectivity index (χ1n) is 21.5. The average molecular weight is 873 g/mol. The van der Waals surface area contributed by atoms with Gasteiger partial charge in [0.05, 0.1) is 12.1 Å². The molecule has 1 saturated heterocycles. The van der Waals surface area contributed by atoms with Crippen molar-refractivity contribution < 1.29 is 47.7 Å². The third-order valence-electron chi connectivity index (χ3n) is 10.6. The van der Waals surface area contributed by atoms with Gasteiger partial charge in [-0.05, 0) is 65.2 Å². The summed E-state index contributed by atoms with van der Waals surface area (Å²) in [6, 6.07) is 14.5. The van der Waals surface area contributed by atoms with Gasteiger partial charge in [0.25, 0.3) is 0 Å². The van der Waals surface area contributed by atoms with Crippen LogP contribution in [0.15, 0.2) is 66.9 Å². The Hall–Kier alpha value is -5.15. The summed E-state index contributed by atoms with van der Waals surface area (Å²) in [5.41, 5.74) is 0.554. The van der Waals surface area contributed by atoms with Gasteiger partial charge in [0.2, 0.25) is 11.8 Å². The molecule has 3 unspecified atom stereocenters. The van der Waals surface area contributed by atoms with Crippen LogP contribution in [0.1, 0.15) is 57.7 Å². The highest BCUT2D eigenvalue weighted by Gasteiger charge is 2.52. The minimum absolute atomic E-state index is 0.00493. The van der Waals surface area contributed by atoms with E-state index in [1.54, 1.807) is 58.9 Å². The molecule has 65 heavy (non-hydrogen) atoms. The predicted molar refractivity (Wildman–Crippen MR) is 258 cm³/mol. The van der Waals surface area contributed by atoms with E-state index in [0.29, 0.717) is 6.32 Å². The Balaban J connectivity index is 1.54. The standard InChI is InChI=1S/C39H52B10N6O10/c1-26-12-14-28(15-13-26)24-63-37(61)64-25-39(5,6)53-33(57)30(20-29-21-45(29)49(47(42)43)48(44)46(40)41)55(19-17-50-35(59)65-38(2,3)4)32(56)22-54-18-16-31(51-34(54)58)52-36(60)62-23-27-10-8-7-9-11-27/h7-16,18,29-31H,17,19-25H2,1-6H3,(H,50,59)(H,51,58)(H,52,60)(H,53,57). The van der Waals surface area contributed by atoms with Crippen LogP contribution < -0.4 is 21.3 Å². The fourth-order valence-electron chi connectivity index (χ4n) is 7.23. The van der Waals surface area contributed by atoms with Crippen molar-refractivity contribution in [1.29, 1.82) is 0 Å². The number of nitrogens with one attached hydrogen (secondary N) is 4. The maximum absolute atomic E-state index is 14.6. The number of rotatable bonds is 21. The van der Waals surface area contributed by atoms with E-state index in [2.05, 4.69) is 21.3 Å². The zero-order valence-electron chi connectivity index (χ0n) is 38.0. The summed E-state index contributed by atoms with van der Waals surface area (Å²) >= 11 is 0. The van der Waals surface area contributed by atoms with Crippen molar-refractivity contribution in [3.8, 4) is 0 Å². The number of amides is 6. The van der Waals surface area contributed by atoms with E-state index in [1.807, 2.05) is 37.3 Å². The lowest BCUT2D eigenvalue weighted by Gasteiger charge is -2.36. The Bertz CT molecular complexity index is 1980. The first-order chi connectivity index (χ1) is 30.5. The maximum Gasteiger partial charge on any atom is 0.508 e. The lowest BCUT2D eigenvalue weighted by molar-refractivity contribution is -0.141. The smallest absolute Gasteiger partial charge is 0.445 e. The molecule has 328 valence electrons. The molecule has 0 aromatic heterocycles. The molecule has 0 aliphatic carbocycles. The molecule has 16 nitrogen and oxygen atoms in total. The molecule has 4 rings (SSSR count). The van der Waals surface area contributed by atoms with E-state index in [1.165, 1.54) is 17.2 Å². The molecular weight excluding hydrogens is 821 g/mol. The largest absolute Gasteiger partial charge is 0.508 e. The Morgan fingerprint density at radius 3 is 2.15 bits per heavy atom. The summed E-state index contributed by atoms with van der Waals surface area (Å²) in [7, 11) is 30.6. The lowest BCUT2D eigenvalue weighted by Crippen LogP contribution is -2.63. The van der Waals surface area contributed by atoms with Crippen LogP contribution in [0.3, 0.4) is 0 Å². The third-order valence-corrected chi connectivity index (χ3v) is 10.6. The zero-order chi connectivity index (χ0) is 48.1. The van der Waals surface area contributed by atoms with Crippen LogP contribution in [-0.2, 0) is 41.8 Å². The minimum atomic E-state index is -1.23. The number of urea groups is 1. The van der Waals surface area contributed by atoms with E-state index in [9.17, 15) is 28.8 Å². The molecule has 2 heterocycles. The maximum atomic E-state index is 14.6. The van der Waals surface area contributed by atoms with Crippen LogP contribution in [0, 0.1) is 6.92 Å². The molecule has 2 aliphatic rings.